The first-order valence-corrected chi connectivity index (χ1v) is 17.1. The Morgan fingerprint density at radius 3 is 2.21 bits per heavy atom. The van der Waals surface area contributed by atoms with Crippen molar-refractivity contribution in [1.82, 2.24) is 9.62 Å². The van der Waals surface area contributed by atoms with Crippen LogP contribution in [0.2, 0.25) is 0 Å². The quantitative estimate of drug-likeness (QED) is 0.121. The van der Waals surface area contributed by atoms with Crippen LogP contribution in [0, 0.1) is 26.2 Å². The molecule has 47 heavy (non-hydrogen) atoms. The summed E-state index contributed by atoms with van der Waals surface area (Å²) in [6, 6.07) is 14.6. The first-order chi connectivity index (χ1) is 22.1. The Morgan fingerprint density at radius 1 is 1.04 bits per heavy atom. The number of nitrogens with zero attached hydrogens (tertiary/aromatic N) is 1. The summed E-state index contributed by atoms with van der Waals surface area (Å²) < 4.78 is 40.4. The summed E-state index contributed by atoms with van der Waals surface area (Å²) in [6.07, 6.45) is 0.159. The monoisotopic (exact) mass is 662 g/mol. The van der Waals surface area contributed by atoms with Crippen LogP contribution in [0.1, 0.15) is 72.4 Å². The molecule has 5 rings (SSSR count). The number of sulfonamides is 1. The van der Waals surface area contributed by atoms with Gasteiger partial charge in [-0.25, -0.2) is 22.3 Å². The number of hydrogen-bond acceptors (Lipinski definition) is 7. The van der Waals surface area contributed by atoms with Crippen molar-refractivity contribution in [3.8, 4) is 16.9 Å². The van der Waals surface area contributed by atoms with Gasteiger partial charge in [-0.1, -0.05) is 48.5 Å². The molecule has 0 unspecified atom stereocenters. The van der Waals surface area contributed by atoms with Crippen LogP contribution in [0.5, 0.6) is 5.75 Å². The minimum absolute atomic E-state index is 0.0216. The Bertz CT molecular complexity index is 1810. The first-order valence-electron chi connectivity index (χ1n) is 15.7. The van der Waals surface area contributed by atoms with Crippen LogP contribution in [0.15, 0.2) is 53.4 Å². The zero-order valence-electron chi connectivity index (χ0n) is 27.3. The van der Waals surface area contributed by atoms with E-state index in [2.05, 4.69) is 5.32 Å². The van der Waals surface area contributed by atoms with Crippen LogP contribution < -0.4 is 15.8 Å². The molecule has 2 aliphatic rings. The minimum atomic E-state index is -4.21. The summed E-state index contributed by atoms with van der Waals surface area (Å²) in [6.45, 7) is 9.09. The highest BCUT2D eigenvalue weighted by Gasteiger charge is 2.38. The Balaban J connectivity index is 1.20. The maximum absolute atomic E-state index is 13.9. The second kappa shape index (κ2) is 12.9. The van der Waals surface area contributed by atoms with Crippen molar-refractivity contribution in [2.45, 2.75) is 82.8 Å². The van der Waals surface area contributed by atoms with Crippen molar-refractivity contribution < 1.29 is 32.6 Å². The number of rotatable bonds is 11. The van der Waals surface area contributed by atoms with Crippen molar-refractivity contribution in [3.63, 3.8) is 0 Å². The first kappa shape index (κ1) is 33.8. The lowest BCUT2D eigenvalue weighted by Crippen LogP contribution is -2.43. The number of carbonyl (C=O) groups excluding carboxylic acids is 1. The fourth-order valence-electron chi connectivity index (χ4n) is 6.76. The highest BCUT2D eigenvalue weighted by atomic mass is 32.2. The SMILES string of the molecule is Cc1c(C)c(S(=O)(=O)N(CCCC[C@H](NC(=O)OCC2c3ccccc3-c3ccccc32)C(=O)O)C(=N)N)c(C)c2c1OC(C)(C)C2. The number of carboxylic acid groups (broad SMARTS) is 1. The third-order valence-corrected chi connectivity index (χ3v) is 11.2. The summed E-state index contributed by atoms with van der Waals surface area (Å²) in [5.41, 5.74) is 12.2. The summed E-state index contributed by atoms with van der Waals surface area (Å²) in [7, 11) is -4.21. The number of benzene rings is 3. The lowest BCUT2D eigenvalue weighted by molar-refractivity contribution is -0.139. The van der Waals surface area contributed by atoms with Gasteiger partial charge >= 0.3 is 12.1 Å². The number of fused-ring (bicyclic) bond motifs is 4. The predicted molar refractivity (Wildman–Crippen MR) is 178 cm³/mol. The number of carbonyl (C=O) groups is 2. The Hall–Kier alpha value is -4.58. The molecule has 1 amide bonds. The zero-order valence-corrected chi connectivity index (χ0v) is 28.2. The molecule has 12 heteroatoms. The summed E-state index contributed by atoms with van der Waals surface area (Å²) in [4.78, 5) is 24.8. The van der Waals surface area contributed by atoms with Crippen molar-refractivity contribution in [2.24, 2.45) is 5.73 Å². The molecule has 3 aromatic carbocycles. The molecule has 0 spiro atoms. The molecule has 1 atom stereocenters. The molecule has 1 aliphatic carbocycles. The molecule has 1 aliphatic heterocycles. The van der Waals surface area contributed by atoms with Gasteiger partial charge in [0.1, 0.15) is 24.0 Å². The fourth-order valence-corrected chi connectivity index (χ4v) is 8.65. The molecule has 0 fully saturated rings. The van der Waals surface area contributed by atoms with Gasteiger partial charge in [-0.2, -0.15) is 0 Å². The molecule has 0 bridgehead atoms. The Morgan fingerprint density at radius 2 is 1.64 bits per heavy atom. The molecule has 250 valence electrons. The Kier molecular flexibility index (Phi) is 9.27. The zero-order chi connectivity index (χ0) is 34.3. The van der Waals surface area contributed by atoms with E-state index >= 15 is 0 Å². The summed E-state index contributed by atoms with van der Waals surface area (Å²) in [5, 5.41) is 20.3. The molecule has 0 radical (unpaired) electrons. The highest BCUT2D eigenvalue weighted by Crippen LogP contribution is 2.45. The van der Waals surface area contributed by atoms with E-state index in [0.29, 0.717) is 23.3 Å². The van der Waals surface area contributed by atoms with Gasteiger partial charge < -0.3 is 25.6 Å². The van der Waals surface area contributed by atoms with E-state index in [-0.39, 0.29) is 43.2 Å². The number of alkyl carbamates (subject to hydrolysis) is 1. The van der Waals surface area contributed by atoms with Crippen molar-refractivity contribution in [2.75, 3.05) is 13.2 Å². The van der Waals surface area contributed by atoms with Crippen LogP contribution in [0.3, 0.4) is 0 Å². The number of amides is 1. The molecule has 5 N–H and O–H groups in total. The normalized spacial score (nSPS) is 15.2. The van der Waals surface area contributed by atoms with Gasteiger partial charge in [0.2, 0.25) is 5.96 Å². The number of unbranched alkanes of at least 4 members (excludes halogenated alkanes) is 1. The predicted octanol–water partition coefficient (Wildman–Crippen LogP) is 5.37. The second-order valence-corrected chi connectivity index (χ2v) is 14.7. The third kappa shape index (κ3) is 6.51. The number of hydrogen-bond donors (Lipinski definition) is 4. The van der Waals surface area contributed by atoms with Crippen molar-refractivity contribution >= 4 is 28.0 Å². The van der Waals surface area contributed by atoms with Gasteiger partial charge in [0.15, 0.2) is 0 Å². The van der Waals surface area contributed by atoms with Crippen LogP contribution in [-0.2, 0) is 26.0 Å². The number of ether oxygens (including phenoxy) is 2. The average molecular weight is 663 g/mol. The van der Waals surface area contributed by atoms with Crippen molar-refractivity contribution in [1.29, 1.82) is 5.41 Å². The number of guanidine groups is 1. The molecular formula is C35H42N4O7S. The van der Waals surface area contributed by atoms with Gasteiger partial charge in [0, 0.05) is 24.4 Å². The Labute approximate surface area is 275 Å². The molecule has 3 aromatic rings. The molecule has 0 aromatic heterocycles. The van der Waals surface area contributed by atoms with Gasteiger partial charge in [0.05, 0.1) is 4.90 Å². The topological polar surface area (TPSA) is 172 Å². The molecule has 1 heterocycles. The number of nitrogens with one attached hydrogen (secondary N) is 2. The average Bonchev–Trinajstić information content (AvgIpc) is 3.51. The van der Waals surface area contributed by atoms with E-state index in [0.717, 1.165) is 37.7 Å². The van der Waals surface area contributed by atoms with Crippen LogP contribution in [-0.4, -0.2) is 60.6 Å². The third-order valence-electron chi connectivity index (χ3n) is 9.15. The smallest absolute Gasteiger partial charge is 0.407 e. The standard InChI is InChI=1S/C35H42N4O7S/c1-20-21(2)31(22(3)27-18-35(4,5)46-30(20)27)47(43,44)39(33(36)37)17-11-10-16-29(32(40)41)38-34(42)45-19-28-25-14-8-6-12-23(25)24-13-7-9-15-26(24)28/h6-9,12-15,28-29H,10-11,16-19H2,1-5H3,(H3,36,37)(H,38,42)(H,40,41)/t29-/m0/s1. The molecule has 0 saturated carbocycles. The van der Waals surface area contributed by atoms with Crippen LogP contribution in [0.4, 0.5) is 4.79 Å². The number of carboxylic acids is 1. The molecular weight excluding hydrogens is 620 g/mol. The van der Waals surface area contributed by atoms with Gasteiger partial charge in [0.25, 0.3) is 10.0 Å². The maximum Gasteiger partial charge on any atom is 0.407 e. The van der Waals surface area contributed by atoms with Crippen LogP contribution >= 0.6 is 0 Å². The van der Waals surface area contributed by atoms with E-state index < -0.39 is 39.7 Å². The largest absolute Gasteiger partial charge is 0.487 e. The van der Waals surface area contributed by atoms with E-state index in [4.69, 9.17) is 20.6 Å². The number of nitrogens with two attached hydrogens (primary N) is 1. The van der Waals surface area contributed by atoms with E-state index in [1.807, 2.05) is 69.3 Å². The lowest BCUT2D eigenvalue weighted by atomic mass is 9.94. The van der Waals surface area contributed by atoms with Gasteiger partial charge in [-0.3, -0.25) is 5.41 Å². The number of aliphatic carboxylic acids is 1. The minimum Gasteiger partial charge on any atom is -0.487 e. The van der Waals surface area contributed by atoms with Gasteiger partial charge in [-0.15, -0.1) is 0 Å². The lowest BCUT2D eigenvalue weighted by Gasteiger charge is -2.26. The van der Waals surface area contributed by atoms with Gasteiger partial charge in [-0.05, 0) is 92.8 Å². The summed E-state index contributed by atoms with van der Waals surface area (Å²) >= 11 is 0. The van der Waals surface area contributed by atoms with Crippen LogP contribution in [0.25, 0.3) is 11.1 Å². The van der Waals surface area contributed by atoms with E-state index in [9.17, 15) is 23.1 Å². The maximum atomic E-state index is 13.9. The second-order valence-electron chi connectivity index (χ2n) is 12.9. The van der Waals surface area contributed by atoms with Crippen molar-refractivity contribution in [3.05, 3.63) is 81.9 Å². The molecule has 0 saturated heterocycles. The fraction of sp³-hybridized carbons (Fsp3) is 0.400. The summed E-state index contributed by atoms with van der Waals surface area (Å²) in [5.74, 6) is -1.34. The highest BCUT2D eigenvalue weighted by molar-refractivity contribution is 7.89. The van der Waals surface area contributed by atoms with E-state index in [1.54, 1.807) is 13.8 Å². The van der Waals surface area contributed by atoms with E-state index in [1.165, 1.54) is 0 Å². The molecule has 11 nitrogen and oxygen atoms in total.